The average Bonchev–Trinajstić information content (AvgIpc) is 2.92. The lowest BCUT2D eigenvalue weighted by Gasteiger charge is -2.18. The molecule has 1 aliphatic rings. The minimum atomic E-state index is 1.25. The molecule has 0 saturated heterocycles. The normalized spacial score (nSPS) is 13.4. The first-order valence-corrected chi connectivity index (χ1v) is 12.4. The van der Waals surface area contributed by atoms with E-state index in [2.05, 4.69) is 109 Å². The maximum atomic E-state index is 2.35. The molecule has 0 aliphatic heterocycles. The summed E-state index contributed by atoms with van der Waals surface area (Å²) in [6.07, 6.45) is 5.22. The molecule has 0 fully saturated rings. The molecule has 162 valence electrons. The van der Waals surface area contributed by atoms with Gasteiger partial charge in [0.25, 0.3) is 0 Å². The van der Waals surface area contributed by atoms with E-state index >= 15 is 0 Å². The van der Waals surface area contributed by atoms with E-state index < -0.39 is 0 Å². The topological polar surface area (TPSA) is 0 Å². The zero-order chi connectivity index (χ0) is 22.5. The first-order valence-electron chi connectivity index (χ1n) is 12.4. The standard InChI is InChI=1S/C18H16.C16H10/c1-3-7-15-13(5-1)9-11-18-16-8-4-2-6-14(16)10-12-17(15)18;1-3-11-7-9-13-5-2-6-14-10-8-12(4-1)15(11)16(13)14/h1,3,5,7,9-12H,2,4,6,8H2;1-10H. The van der Waals surface area contributed by atoms with Crippen molar-refractivity contribution in [2.24, 2.45) is 0 Å². The maximum absolute atomic E-state index is 2.35. The Bertz CT molecular complexity index is 1680. The molecule has 0 amide bonds. The predicted molar refractivity (Wildman–Crippen MR) is 148 cm³/mol. The van der Waals surface area contributed by atoms with E-state index in [4.69, 9.17) is 0 Å². The fourth-order valence-corrected chi connectivity index (χ4v) is 6.01. The van der Waals surface area contributed by atoms with E-state index in [1.54, 1.807) is 11.1 Å². The van der Waals surface area contributed by atoms with E-state index in [0.29, 0.717) is 0 Å². The van der Waals surface area contributed by atoms with Gasteiger partial charge in [-0.15, -0.1) is 0 Å². The monoisotopic (exact) mass is 434 g/mol. The highest BCUT2D eigenvalue weighted by Gasteiger charge is 2.13. The van der Waals surface area contributed by atoms with Crippen LogP contribution < -0.4 is 0 Å². The zero-order valence-corrected chi connectivity index (χ0v) is 19.2. The average molecular weight is 435 g/mol. The van der Waals surface area contributed by atoms with Crippen LogP contribution in [0.1, 0.15) is 24.0 Å². The number of aryl methyl sites for hydroxylation is 2. The van der Waals surface area contributed by atoms with E-state index in [9.17, 15) is 0 Å². The van der Waals surface area contributed by atoms with Crippen molar-refractivity contribution in [3.05, 3.63) is 120 Å². The van der Waals surface area contributed by atoms with Crippen molar-refractivity contribution < 1.29 is 0 Å². The summed E-state index contributed by atoms with van der Waals surface area (Å²) in [5.74, 6) is 0. The molecule has 0 radical (unpaired) electrons. The van der Waals surface area contributed by atoms with Crippen molar-refractivity contribution in [1.82, 2.24) is 0 Å². The Morgan fingerprint density at radius 1 is 0.353 bits per heavy atom. The highest BCUT2D eigenvalue weighted by Crippen LogP contribution is 2.34. The lowest BCUT2D eigenvalue weighted by molar-refractivity contribution is 0.690. The fraction of sp³-hybridized carbons (Fsp3) is 0.118. The molecule has 8 rings (SSSR count). The van der Waals surface area contributed by atoms with Gasteiger partial charge in [-0.3, -0.25) is 0 Å². The molecule has 0 N–H and O–H groups in total. The quantitative estimate of drug-likeness (QED) is 0.208. The second kappa shape index (κ2) is 7.85. The van der Waals surface area contributed by atoms with E-state index in [0.717, 1.165) is 0 Å². The van der Waals surface area contributed by atoms with Gasteiger partial charge >= 0.3 is 0 Å². The number of benzene rings is 7. The second-order valence-corrected chi connectivity index (χ2v) is 9.58. The van der Waals surface area contributed by atoms with Gasteiger partial charge in [-0.25, -0.2) is 0 Å². The molecule has 0 heterocycles. The lowest BCUT2D eigenvalue weighted by Crippen LogP contribution is -2.02. The van der Waals surface area contributed by atoms with Gasteiger partial charge in [0.15, 0.2) is 0 Å². The van der Waals surface area contributed by atoms with Crippen LogP contribution in [0.2, 0.25) is 0 Å². The smallest absolute Gasteiger partial charge is 0.00268 e. The predicted octanol–water partition coefficient (Wildman–Crippen LogP) is 9.46. The fourth-order valence-electron chi connectivity index (χ4n) is 6.01. The third-order valence-corrected chi connectivity index (χ3v) is 7.65. The van der Waals surface area contributed by atoms with Gasteiger partial charge in [-0.05, 0) is 90.7 Å². The van der Waals surface area contributed by atoms with Gasteiger partial charge in [-0.2, -0.15) is 0 Å². The van der Waals surface area contributed by atoms with Gasteiger partial charge in [0.05, 0.1) is 0 Å². The Labute approximate surface area is 199 Å². The van der Waals surface area contributed by atoms with Crippen LogP contribution in [0.4, 0.5) is 0 Å². The molecular formula is C34H26. The molecule has 0 bridgehead atoms. The third-order valence-electron chi connectivity index (χ3n) is 7.65. The molecule has 0 heteroatoms. The largest absolute Gasteiger partial charge is 0.0616 e. The highest BCUT2D eigenvalue weighted by atomic mass is 14.2. The molecule has 1 aliphatic carbocycles. The summed E-state index contributed by atoms with van der Waals surface area (Å²) in [5, 5.41) is 13.8. The summed E-state index contributed by atoms with van der Waals surface area (Å²) >= 11 is 0. The summed E-state index contributed by atoms with van der Waals surface area (Å²) in [5.41, 5.74) is 3.17. The number of rotatable bonds is 0. The number of fused-ring (bicyclic) bond motifs is 5. The van der Waals surface area contributed by atoms with Crippen molar-refractivity contribution in [2.45, 2.75) is 25.7 Å². The van der Waals surface area contributed by atoms with Crippen LogP contribution in [-0.4, -0.2) is 0 Å². The first-order chi connectivity index (χ1) is 16.9. The molecule has 0 saturated carbocycles. The third kappa shape index (κ3) is 3.06. The molecule has 7 aromatic carbocycles. The Balaban J connectivity index is 0.000000118. The van der Waals surface area contributed by atoms with Crippen molar-refractivity contribution in [1.29, 1.82) is 0 Å². The van der Waals surface area contributed by atoms with Gasteiger partial charge < -0.3 is 0 Å². The first kappa shape index (κ1) is 19.6. The Kier molecular flexibility index (Phi) is 4.52. The summed E-state index contributed by atoms with van der Waals surface area (Å²) in [4.78, 5) is 0. The van der Waals surface area contributed by atoms with Crippen molar-refractivity contribution in [3.8, 4) is 0 Å². The van der Waals surface area contributed by atoms with Crippen LogP contribution in [0.5, 0.6) is 0 Å². The number of hydrogen-bond acceptors (Lipinski definition) is 0. The van der Waals surface area contributed by atoms with Crippen LogP contribution in [0.15, 0.2) is 109 Å². The van der Waals surface area contributed by atoms with Crippen molar-refractivity contribution >= 4 is 53.9 Å². The summed E-state index contributed by atoms with van der Waals surface area (Å²) < 4.78 is 0. The van der Waals surface area contributed by atoms with Gasteiger partial charge in [-0.1, -0.05) is 109 Å². The second-order valence-electron chi connectivity index (χ2n) is 9.58. The minimum absolute atomic E-state index is 1.25. The van der Waals surface area contributed by atoms with Gasteiger partial charge in [0.2, 0.25) is 0 Å². The summed E-state index contributed by atoms with van der Waals surface area (Å²) in [6, 6.07) is 39.8. The van der Waals surface area contributed by atoms with Gasteiger partial charge in [0.1, 0.15) is 0 Å². The van der Waals surface area contributed by atoms with Crippen LogP contribution in [0.25, 0.3) is 53.9 Å². The van der Waals surface area contributed by atoms with Crippen LogP contribution >= 0.6 is 0 Å². The molecule has 0 atom stereocenters. The lowest BCUT2D eigenvalue weighted by atomic mass is 9.86. The van der Waals surface area contributed by atoms with E-state index in [1.807, 2.05) is 0 Å². The molecule has 0 nitrogen and oxygen atoms in total. The van der Waals surface area contributed by atoms with Gasteiger partial charge in [0, 0.05) is 0 Å². The molecule has 0 aromatic heterocycles. The van der Waals surface area contributed by atoms with E-state index in [1.165, 1.54) is 79.5 Å². The maximum Gasteiger partial charge on any atom is -0.00268 e. The Morgan fingerprint density at radius 2 is 0.882 bits per heavy atom. The molecule has 0 spiro atoms. The molecule has 0 unspecified atom stereocenters. The minimum Gasteiger partial charge on any atom is -0.0616 e. The molecular weight excluding hydrogens is 408 g/mol. The Morgan fingerprint density at radius 3 is 1.56 bits per heavy atom. The number of hydrogen-bond donors (Lipinski definition) is 0. The summed E-state index contributed by atoms with van der Waals surface area (Å²) in [7, 11) is 0. The summed E-state index contributed by atoms with van der Waals surface area (Å²) in [6.45, 7) is 0. The zero-order valence-electron chi connectivity index (χ0n) is 19.2. The highest BCUT2D eigenvalue weighted by molar-refractivity contribution is 6.22. The van der Waals surface area contributed by atoms with Crippen LogP contribution in [0.3, 0.4) is 0 Å². The van der Waals surface area contributed by atoms with Crippen LogP contribution in [0, 0.1) is 0 Å². The van der Waals surface area contributed by atoms with E-state index in [-0.39, 0.29) is 0 Å². The Hall–Kier alpha value is -3.90. The SMILES string of the molecule is c1cc2ccc3cccc4ccc(c1)c2c34.c1ccc2c(c1)ccc1c3c(ccc12)CCCC3. The molecule has 7 aromatic rings. The molecule has 34 heavy (non-hydrogen) atoms. The van der Waals surface area contributed by atoms with Crippen molar-refractivity contribution in [2.75, 3.05) is 0 Å². The van der Waals surface area contributed by atoms with Crippen LogP contribution in [-0.2, 0) is 12.8 Å². The van der Waals surface area contributed by atoms with Crippen molar-refractivity contribution in [3.63, 3.8) is 0 Å².